The Morgan fingerprint density at radius 2 is 1.84 bits per heavy atom. The van der Waals surface area contributed by atoms with Crippen molar-refractivity contribution in [1.82, 2.24) is 9.55 Å². The molecule has 2 aromatic carbocycles. The first-order valence-corrected chi connectivity index (χ1v) is 10.8. The Morgan fingerprint density at radius 1 is 1.16 bits per heavy atom. The molecule has 0 aliphatic heterocycles. The molecule has 1 atom stereocenters. The first-order valence-electron chi connectivity index (χ1n) is 10.8. The highest BCUT2D eigenvalue weighted by Gasteiger charge is 2.17. The minimum atomic E-state index is -1.08. The average Bonchev–Trinajstić information content (AvgIpc) is 2.70. The lowest BCUT2D eigenvalue weighted by molar-refractivity contribution is -0.0549. The number of unbranched alkanes of at least 4 members (excludes halogenated alkanes) is 1. The van der Waals surface area contributed by atoms with Crippen LogP contribution >= 0.6 is 0 Å². The van der Waals surface area contributed by atoms with Gasteiger partial charge in [0.15, 0.2) is 0 Å². The summed E-state index contributed by atoms with van der Waals surface area (Å²) < 4.78 is 20.9. The molecule has 32 heavy (non-hydrogen) atoms. The fourth-order valence-electron chi connectivity index (χ4n) is 3.77. The Bertz CT molecular complexity index is 1160. The molecule has 1 aromatic heterocycles. The summed E-state index contributed by atoms with van der Waals surface area (Å²) in [7, 11) is 0. The van der Waals surface area contributed by atoms with Gasteiger partial charge in [0.25, 0.3) is 5.56 Å². The molecule has 0 spiro atoms. The summed E-state index contributed by atoms with van der Waals surface area (Å²) in [6.07, 6.45) is 3.15. The smallest absolute Gasteiger partial charge is 0.335 e. The van der Waals surface area contributed by atoms with Crippen LogP contribution in [0.25, 0.3) is 16.6 Å². The maximum Gasteiger partial charge on any atom is 0.335 e. The largest absolute Gasteiger partial charge is 0.478 e. The van der Waals surface area contributed by atoms with Crippen LogP contribution in [0.3, 0.4) is 0 Å². The molecular weight excluding hydrogens is 411 g/mol. The van der Waals surface area contributed by atoms with Crippen LogP contribution in [0.1, 0.15) is 63.1 Å². The standard InChI is InChI=1S/C25H29FN2O4/c1-16(32-25(2,3)4)7-5-6-8-22-27-21-15-17(24(30)31)9-14-20(21)23(29)28(22)19-12-10-18(26)11-13-19/h9-16H,5-8H2,1-4H3,(H,30,31). The van der Waals surface area contributed by atoms with E-state index in [2.05, 4.69) is 4.98 Å². The van der Waals surface area contributed by atoms with Gasteiger partial charge in [-0.15, -0.1) is 0 Å². The summed E-state index contributed by atoms with van der Waals surface area (Å²) >= 11 is 0. The third-order valence-electron chi connectivity index (χ3n) is 5.09. The van der Waals surface area contributed by atoms with E-state index in [9.17, 15) is 19.1 Å². The second-order valence-corrected chi connectivity index (χ2v) is 8.97. The highest BCUT2D eigenvalue weighted by molar-refractivity contribution is 5.92. The van der Waals surface area contributed by atoms with Gasteiger partial charge in [-0.1, -0.05) is 6.42 Å². The van der Waals surface area contributed by atoms with Crippen LogP contribution in [-0.4, -0.2) is 32.3 Å². The molecule has 0 aliphatic rings. The Labute approximate surface area is 186 Å². The molecule has 0 aliphatic carbocycles. The van der Waals surface area contributed by atoms with Crippen molar-refractivity contribution in [2.45, 2.75) is 65.1 Å². The van der Waals surface area contributed by atoms with Gasteiger partial charge in [-0.05, 0) is 83.0 Å². The summed E-state index contributed by atoms with van der Waals surface area (Å²) in [5.74, 6) is -0.956. The van der Waals surface area contributed by atoms with Crippen molar-refractivity contribution >= 4 is 16.9 Å². The second kappa shape index (κ2) is 9.61. The molecule has 7 heteroatoms. The van der Waals surface area contributed by atoms with E-state index >= 15 is 0 Å². The molecule has 0 bridgehead atoms. The molecule has 6 nitrogen and oxygen atoms in total. The number of halogens is 1. The molecule has 1 unspecified atom stereocenters. The summed E-state index contributed by atoms with van der Waals surface area (Å²) in [6.45, 7) is 8.11. The van der Waals surface area contributed by atoms with E-state index in [1.165, 1.54) is 34.9 Å². The maximum absolute atomic E-state index is 13.4. The van der Waals surface area contributed by atoms with Gasteiger partial charge in [0.05, 0.1) is 33.9 Å². The Hall–Kier alpha value is -3.06. The highest BCUT2D eigenvalue weighted by Crippen LogP contribution is 2.19. The molecule has 3 aromatic rings. The van der Waals surface area contributed by atoms with Crippen LogP contribution < -0.4 is 5.56 Å². The van der Waals surface area contributed by atoms with E-state index in [-0.39, 0.29) is 22.8 Å². The van der Waals surface area contributed by atoms with Gasteiger partial charge in [-0.3, -0.25) is 9.36 Å². The van der Waals surface area contributed by atoms with Crippen LogP contribution in [0.2, 0.25) is 0 Å². The van der Waals surface area contributed by atoms with Gasteiger partial charge >= 0.3 is 5.97 Å². The Balaban J connectivity index is 1.93. The van der Waals surface area contributed by atoms with Gasteiger partial charge in [-0.2, -0.15) is 0 Å². The zero-order chi connectivity index (χ0) is 23.5. The third kappa shape index (κ3) is 5.79. The lowest BCUT2D eigenvalue weighted by atomic mass is 10.1. The molecule has 3 rings (SSSR count). The first-order chi connectivity index (χ1) is 15.0. The van der Waals surface area contributed by atoms with Crippen molar-refractivity contribution in [2.75, 3.05) is 0 Å². The van der Waals surface area contributed by atoms with Crippen molar-refractivity contribution in [3.8, 4) is 5.69 Å². The van der Waals surface area contributed by atoms with Gasteiger partial charge in [0.1, 0.15) is 11.6 Å². The number of fused-ring (bicyclic) bond motifs is 1. The van der Waals surface area contributed by atoms with Crippen molar-refractivity contribution in [1.29, 1.82) is 0 Å². The number of hydrogen-bond donors (Lipinski definition) is 1. The summed E-state index contributed by atoms with van der Waals surface area (Å²) in [4.78, 5) is 29.3. The SMILES string of the molecule is CC(CCCCc1nc2cc(C(=O)O)ccc2c(=O)n1-c1ccc(F)cc1)OC(C)(C)C. The minimum Gasteiger partial charge on any atom is -0.478 e. The van der Waals surface area contributed by atoms with Crippen LogP contribution in [0.4, 0.5) is 4.39 Å². The minimum absolute atomic E-state index is 0.0723. The number of carboxylic acids is 1. The van der Waals surface area contributed by atoms with E-state index in [4.69, 9.17) is 4.74 Å². The molecule has 1 heterocycles. The van der Waals surface area contributed by atoms with Gasteiger partial charge in [0, 0.05) is 6.42 Å². The number of ether oxygens (including phenoxy) is 1. The Kier molecular flexibility index (Phi) is 7.09. The summed E-state index contributed by atoms with van der Waals surface area (Å²) in [5, 5.41) is 9.60. The second-order valence-electron chi connectivity index (χ2n) is 8.97. The van der Waals surface area contributed by atoms with Gasteiger partial charge in [-0.25, -0.2) is 14.2 Å². The van der Waals surface area contributed by atoms with Crippen molar-refractivity contribution in [3.63, 3.8) is 0 Å². The average molecular weight is 441 g/mol. The number of aromatic carboxylic acids is 1. The molecule has 0 saturated carbocycles. The number of carbonyl (C=O) groups is 1. The van der Waals surface area contributed by atoms with Crippen molar-refractivity contribution in [2.24, 2.45) is 0 Å². The van der Waals surface area contributed by atoms with Crippen molar-refractivity contribution < 1.29 is 19.0 Å². The lowest BCUT2D eigenvalue weighted by Crippen LogP contribution is -2.25. The van der Waals surface area contributed by atoms with Gasteiger partial charge in [0.2, 0.25) is 0 Å². The molecule has 170 valence electrons. The fourth-order valence-corrected chi connectivity index (χ4v) is 3.77. The summed E-state index contributed by atoms with van der Waals surface area (Å²) in [5.41, 5.74) is 0.422. The van der Waals surface area contributed by atoms with Crippen LogP contribution in [0.5, 0.6) is 0 Å². The van der Waals surface area contributed by atoms with E-state index < -0.39 is 11.8 Å². The van der Waals surface area contributed by atoms with Gasteiger partial charge < -0.3 is 9.84 Å². The monoisotopic (exact) mass is 440 g/mol. The van der Waals surface area contributed by atoms with E-state index in [1.54, 1.807) is 12.1 Å². The van der Waals surface area contributed by atoms with Crippen LogP contribution in [-0.2, 0) is 11.2 Å². The number of aryl methyl sites for hydroxylation is 1. The van der Waals surface area contributed by atoms with Crippen LogP contribution in [0, 0.1) is 5.82 Å². The zero-order valence-corrected chi connectivity index (χ0v) is 18.9. The Morgan fingerprint density at radius 3 is 2.47 bits per heavy atom. The zero-order valence-electron chi connectivity index (χ0n) is 18.9. The number of rotatable bonds is 8. The molecular formula is C25H29FN2O4. The van der Waals surface area contributed by atoms with E-state index in [0.29, 0.717) is 28.8 Å². The molecule has 1 N–H and O–H groups in total. The normalized spacial score (nSPS) is 12.8. The number of hydrogen-bond acceptors (Lipinski definition) is 4. The topological polar surface area (TPSA) is 81.4 Å². The molecule has 0 radical (unpaired) electrons. The van der Waals surface area contributed by atoms with Crippen LogP contribution in [0.15, 0.2) is 47.3 Å². The highest BCUT2D eigenvalue weighted by atomic mass is 19.1. The lowest BCUT2D eigenvalue weighted by Gasteiger charge is -2.25. The first kappa shape index (κ1) is 23.6. The van der Waals surface area contributed by atoms with E-state index in [1.807, 2.05) is 27.7 Å². The molecule has 0 saturated heterocycles. The predicted molar refractivity (Wildman–Crippen MR) is 122 cm³/mol. The molecule has 0 fully saturated rings. The quantitative estimate of drug-likeness (QED) is 0.491. The third-order valence-corrected chi connectivity index (χ3v) is 5.09. The van der Waals surface area contributed by atoms with Crippen molar-refractivity contribution in [3.05, 3.63) is 70.0 Å². The van der Waals surface area contributed by atoms with E-state index in [0.717, 1.165) is 19.3 Å². The fraction of sp³-hybridized carbons (Fsp3) is 0.400. The summed E-state index contributed by atoms with van der Waals surface area (Å²) in [6, 6.07) is 9.96. The number of benzene rings is 2. The predicted octanol–water partition coefficient (Wildman–Crippen LogP) is 5.14. The molecule has 0 amide bonds. The number of aromatic nitrogens is 2. The maximum atomic E-state index is 13.4. The number of carboxylic acid groups (broad SMARTS) is 1. The number of nitrogens with zero attached hydrogens (tertiary/aromatic N) is 2.